The van der Waals surface area contributed by atoms with Gasteiger partial charge in [0.2, 0.25) is 0 Å². The average Bonchev–Trinajstić information content (AvgIpc) is 1.96. The van der Waals surface area contributed by atoms with E-state index in [2.05, 4.69) is 0 Å². The van der Waals surface area contributed by atoms with Gasteiger partial charge in [-0.3, -0.25) is 9.28 Å². The van der Waals surface area contributed by atoms with Gasteiger partial charge >= 0.3 is 5.97 Å². The third-order valence-electron chi connectivity index (χ3n) is 2.19. The second-order valence-electron chi connectivity index (χ2n) is 4.03. The molecule has 0 radical (unpaired) electrons. The predicted octanol–water partition coefficient (Wildman–Crippen LogP) is -0.888. The van der Waals surface area contributed by atoms with Gasteiger partial charge in [0, 0.05) is 13.3 Å². The van der Waals surface area contributed by atoms with E-state index in [1.807, 2.05) is 0 Å². The van der Waals surface area contributed by atoms with Crippen LogP contribution in [0.25, 0.3) is 0 Å². The Balaban J connectivity index is 5.20. The fourth-order valence-corrected chi connectivity index (χ4v) is 1.38. The van der Waals surface area contributed by atoms with Crippen molar-refractivity contribution in [2.45, 2.75) is 26.0 Å². The summed E-state index contributed by atoms with van der Waals surface area (Å²) >= 11 is 0. The highest BCUT2D eigenvalue weighted by molar-refractivity contribution is 5.78. The van der Waals surface area contributed by atoms with Crippen LogP contribution in [-0.2, 0) is 14.3 Å². The molecule has 0 heterocycles. The Labute approximate surface area is 83.9 Å². The Morgan fingerprint density at radius 1 is 1.36 bits per heavy atom. The number of nitrogens with zero attached hydrogens (tertiary/aromatic N) is 1. The molecule has 0 aromatic rings. The zero-order valence-corrected chi connectivity index (χ0v) is 9.29. The van der Waals surface area contributed by atoms with E-state index in [0.29, 0.717) is 0 Å². The van der Waals surface area contributed by atoms with Crippen LogP contribution in [0.1, 0.15) is 20.3 Å². The second-order valence-corrected chi connectivity index (χ2v) is 4.03. The summed E-state index contributed by atoms with van der Waals surface area (Å²) in [6.07, 6.45) is 0.165. The fourth-order valence-electron chi connectivity index (χ4n) is 1.38. The van der Waals surface area contributed by atoms with E-state index < -0.39 is 17.7 Å². The summed E-state index contributed by atoms with van der Waals surface area (Å²) in [5, 5.41) is 11.0. The maximum absolute atomic E-state index is 11.0. The number of carbonyl (C=O) groups excluding carboxylic acids is 2. The zero-order chi connectivity index (χ0) is 11.6. The molecule has 0 aliphatic heterocycles. The van der Waals surface area contributed by atoms with Gasteiger partial charge in [-0.1, -0.05) is 6.92 Å². The number of likely N-dealkylation sites (N-methyl/N-ethyl adjacent to an activating group) is 1. The van der Waals surface area contributed by atoms with E-state index in [4.69, 9.17) is 4.74 Å². The Morgan fingerprint density at radius 3 is 1.86 bits per heavy atom. The Kier molecular flexibility index (Phi) is 3.65. The molecule has 0 N–H and O–H groups in total. The van der Waals surface area contributed by atoms with Crippen LogP contribution in [-0.4, -0.2) is 43.3 Å². The molecule has 0 aromatic heterocycles. The van der Waals surface area contributed by atoms with Gasteiger partial charge in [0.1, 0.15) is 5.97 Å². The third-order valence-corrected chi connectivity index (χ3v) is 2.19. The fraction of sp³-hybridized carbons (Fsp3) is 0.778. The first-order valence-electron chi connectivity index (χ1n) is 4.40. The number of carboxylic acid groups (broad SMARTS) is 1. The lowest BCUT2D eigenvalue weighted by Crippen LogP contribution is -2.67. The molecule has 5 nitrogen and oxygen atoms in total. The van der Waals surface area contributed by atoms with Gasteiger partial charge in [0.15, 0.2) is 0 Å². The van der Waals surface area contributed by atoms with Crippen LogP contribution in [0.15, 0.2) is 0 Å². The number of ether oxygens (including phenoxy) is 1. The van der Waals surface area contributed by atoms with E-state index >= 15 is 0 Å². The van der Waals surface area contributed by atoms with Crippen molar-refractivity contribution in [3.8, 4) is 0 Å². The van der Waals surface area contributed by atoms with Crippen molar-refractivity contribution < 1.29 is 23.9 Å². The van der Waals surface area contributed by atoms with E-state index in [0.717, 1.165) is 0 Å². The molecule has 82 valence electrons. The number of aliphatic carboxylic acids is 1. The monoisotopic (exact) mass is 203 g/mol. The molecule has 0 saturated carbocycles. The lowest BCUT2D eigenvalue weighted by atomic mass is 10.1. The first-order valence-corrected chi connectivity index (χ1v) is 4.40. The molecule has 0 fully saturated rings. The summed E-state index contributed by atoms with van der Waals surface area (Å²) in [7, 11) is 4.92. The number of hydrogen-bond acceptors (Lipinski definition) is 4. The number of quaternary nitrogens is 1. The van der Waals surface area contributed by atoms with Crippen LogP contribution >= 0.6 is 0 Å². The highest BCUT2D eigenvalue weighted by Crippen LogP contribution is 2.24. The molecule has 1 atom stereocenters. The van der Waals surface area contributed by atoms with Gasteiger partial charge in [-0.15, -0.1) is 0 Å². The minimum Gasteiger partial charge on any atom is -0.541 e. The molecular formula is C9H17NO4. The van der Waals surface area contributed by atoms with Crippen molar-refractivity contribution >= 4 is 11.9 Å². The van der Waals surface area contributed by atoms with Crippen molar-refractivity contribution in [3.63, 3.8) is 0 Å². The Bertz CT molecular complexity index is 244. The van der Waals surface area contributed by atoms with Crippen LogP contribution in [0.5, 0.6) is 0 Å². The number of rotatable bonds is 4. The van der Waals surface area contributed by atoms with E-state index in [-0.39, 0.29) is 10.9 Å². The van der Waals surface area contributed by atoms with Crippen molar-refractivity contribution in [2.24, 2.45) is 0 Å². The number of esters is 1. The topological polar surface area (TPSA) is 66.4 Å². The first-order chi connectivity index (χ1) is 6.17. The predicted molar refractivity (Wildman–Crippen MR) is 47.8 cm³/mol. The minimum atomic E-state index is -1.61. The van der Waals surface area contributed by atoms with Crippen molar-refractivity contribution in [1.29, 1.82) is 0 Å². The molecule has 0 bridgehead atoms. The SMILES string of the molecule is CC[C@](OC(C)=O)(C(=O)[O-])[N+](C)(C)C. The number of hydrogen-bond donors (Lipinski definition) is 0. The van der Waals surface area contributed by atoms with Gasteiger partial charge in [-0.25, -0.2) is 0 Å². The van der Waals surface area contributed by atoms with Crippen LogP contribution < -0.4 is 5.11 Å². The Hall–Kier alpha value is -1.10. The number of carbonyl (C=O) groups is 2. The van der Waals surface area contributed by atoms with Crippen LogP contribution in [0.2, 0.25) is 0 Å². The quantitative estimate of drug-likeness (QED) is 0.338. The number of carboxylic acids is 1. The normalized spacial score (nSPS) is 15.8. The maximum atomic E-state index is 11.0. The van der Waals surface area contributed by atoms with E-state index in [1.54, 1.807) is 28.1 Å². The highest BCUT2D eigenvalue weighted by Gasteiger charge is 2.46. The summed E-state index contributed by atoms with van der Waals surface area (Å²) in [6, 6.07) is 0. The van der Waals surface area contributed by atoms with Crippen LogP contribution in [0.4, 0.5) is 0 Å². The molecule has 0 aliphatic carbocycles. The van der Waals surface area contributed by atoms with E-state index in [9.17, 15) is 14.7 Å². The summed E-state index contributed by atoms with van der Waals surface area (Å²) in [4.78, 5) is 21.9. The van der Waals surface area contributed by atoms with Crippen molar-refractivity contribution in [1.82, 2.24) is 0 Å². The lowest BCUT2D eigenvalue weighted by molar-refractivity contribution is -0.939. The van der Waals surface area contributed by atoms with Gasteiger partial charge in [-0.2, -0.15) is 0 Å². The van der Waals surface area contributed by atoms with Crippen LogP contribution in [0, 0.1) is 0 Å². The maximum Gasteiger partial charge on any atom is 0.307 e. The first kappa shape index (κ1) is 12.9. The largest absolute Gasteiger partial charge is 0.541 e. The molecule has 0 aromatic carbocycles. The summed E-state index contributed by atoms with van der Waals surface area (Å²) in [5.74, 6) is -1.99. The van der Waals surface area contributed by atoms with Gasteiger partial charge in [0.05, 0.1) is 21.1 Å². The van der Waals surface area contributed by atoms with E-state index in [1.165, 1.54) is 6.92 Å². The molecule has 0 spiro atoms. The molecule has 0 unspecified atom stereocenters. The molecule has 0 rings (SSSR count). The van der Waals surface area contributed by atoms with Gasteiger partial charge in [-0.05, 0) is 0 Å². The smallest absolute Gasteiger partial charge is 0.307 e. The summed E-state index contributed by atoms with van der Waals surface area (Å²) < 4.78 is 4.86. The molecular weight excluding hydrogens is 186 g/mol. The lowest BCUT2D eigenvalue weighted by Gasteiger charge is -2.44. The van der Waals surface area contributed by atoms with Crippen LogP contribution in [0.3, 0.4) is 0 Å². The van der Waals surface area contributed by atoms with Gasteiger partial charge < -0.3 is 14.6 Å². The summed E-state index contributed by atoms with van der Waals surface area (Å²) in [5.41, 5.74) is -1.61. The van der Waals surface area contributed by atoms with Crippen molar-refractivity contribution in [3.05, 3.63) is 0 Å². The summed E-state index contributed by atoms with van der Waals surface area (Å²) in [6.45, 7) is 2.82. The average molecular weight is 203 g/mol. The zero-order valence-electron chi connectivity index (χ0n) is 9.29. The van der Waals surface area contributed by atoms with Crippen molar-refractivity contribution in [2.75, 3.05) is 21.1 Å². The molecule has 0 saturated heterocycles. The molecule has 14 heavy (non-hydrogen) atoms. The standard InChI is InChI=1S/C9H17NO4/c1-6-9(8(12)13,10(3,4)5)14-7(2)11/h6H2,1-5H3/t9-/m0/s1. The molecule has 0 aliphatic rings. The minimum absolute atomic E-state index is 0.0224. The van der Waals surface area contributed by atoms with Gasteiger partial charge in [0.25, 0.3) is 5.72 Å². The highest BCUT2D eigenvalue weighted by atomic mass is 16.6. The third kappa shape index (κ3) is 2.23. The molecule has 0 amide bonds. The molecule has 5 heteroatoms. The second kappa shape index (κ2) is 3.96. The Morgan fingerprint density at radius 2 is 1.79 bits per heavy atom.